The third kappa shape index (κ3) is 3.99. The maximum Gasteiger partial charge on any atom is 0.312 e. The molecule has 2 bridgehead atoms. The highest BCUT2D eigenvalue weighted by Gasteiger charge is 2.75. The number of aliphatic hydroxyl groups excluding tert-OH is 1. The molecule has 32 heavy (non-hydrogen) atoms. The van der Waals surface area contributed by atoms with Gasteiger partial charge in [-0.25, -0.2) is 0 Å². The van der Waals surface area contributed by atoms with E-state index in [2.05, 4.69) is 13.2 Å². The van der Waals surface area contributed by atoms with E-state index in [0.29, 0.717) is 25.8 Å². The van der Waals surface area contributed by atoms with Gasteiger partial charge in [-0.05, 0) is 46.5 Å². The lowest BCUT2D eigenvalue weighted by molar-refractivity contribution is -0.156. The monoisotopic (exact) mass is 448 g/mol. The number of carbonyl (C=O) groups excluding carboxylic acids is 3. The second-order valence-electron chi connectivity index (χ2n) is 9.82. The zero-order valence-corrected chi connectivity index (χ0v) is 19.4. The van der Waals surface area contributed by atoms with Crippen molar-refractivity contribution in [3.05, 3.63) is 25.3 Å². The number of likely N-dealkylation sites (tertiary alicyclic amines) is 1. The van der Waals surface area contributed by atoms with Gasteiger partial charge in [-0.15, -0.1) is 13.2 Å². The number of nitrogens with zero attached hydrogens (tertiary/aromatic N) is 2. The van der Waals surface area contributed by atoms with Crippen molar-refractivity contribution >= 4 is 17.8 Å². The molecule has 8 heteroatoms. The van der Waals surface area contributed by atoms with E-state index in [0.717, 1.165) is 6.42 Å². The summed E-state index contributed by atoms with van der Waals surface area (Å²) in [7, 11) is 0. The molecule has 0 aromatic rings. The van der Waals surface area contributed by atoms with E-state index >= 15 is 0 Å². The van der Waals surface area contributed by atoms with Gasteiger partial charge in [-0.1, -0.05) is 12.2 Å². The Morgan fingerprint density at radius 3 is 2.66 bits per heavy atom. The Hall–Kier alpha value is -2.19. The Labute approximate surface area is 190 Å². The molecule has 0 saturated carbocycles. The molecule has 3 fully saturated rings. The fourth-order valence-electron chi connectivity index (χ4n) is 5.52. The first-order valence-electron chi connectivity index (χ1n) is 11.4. The van der Waals surface area contributed by atoms with Gasteiger partial charge >= 0.3 is 5.97 Å². The smallest absolute Gasteiger partial charge is 0.312 e. The maximum atomic E-state index is 13.9. The molecule has 8 nitrogen and oxygen atoms in total. The number of aliphatic hydroxyl groups is 1. The van der Waals surface area contributed by atoms with Crippen LogP contribution in [0.5, 0.6) is 0 Å². The molecule has 3 saturated heterocycles. The summed E-state index contributed by atoms with van der Waals surface area (Å²) in [5.74, 6) is -2.53. The third-order valence-electron chi connectivity index (χ3n) is 6.83. The van der Waals surface area contributed by atoms with Crippen LogP contribution in [0.3, 0.4) is 0 Å². The van der Waals surface area contributed by atoms with Gasteiger partial charge in [-0.2, -0.15) is 0 Å². The zero-order chi connectivity index (χ0) is 23.7. The first-order chi connectivity index (χ1) is 15.1. The van der Waals surface area contributed by atoms with E-state index in [1.807, 2.05) is 20.8 Å². The summed E-state index contributed by atoms with van der Waals surface area (Å²) in [5, 5.41) is 9.64. The Kier molecular flexibility index (Phi) is 7.15. The Morgan fingerprint density at radius 1 is 1.34 bits per heavy atom. The van der Waals surface area contributed by atoms with Gasteiger partial charge in [0.1, 0.15) is 11.6 Å². The molecule has 3 aliphatic rings. The van der Waals surface area contributed by atoms with E-state index in [9.17, 15) is 19.5 Å². The minimum Gasteiger partial charge on any atom is -0.465 e. The van der Waals surface area contributed by atoms with E-state index in [1.54, 1.807) is 17.1 Å². The van der Waals surface area contributed by atoms with Crippen LogP contribution in [0.1, 0.15) is 46.5 Å². The van der Waals surface area contributed by atoms with Gasteiger partial charge < -0.3 is 24.4 Å². The average molecular weight is 449 g/mol. The second-order valence-corrected chi connectivity index (χ2v) is 9.82. The fourth-order valence-corrected chi connectivity index (χ4v) is 5.52. The summed E-state index contributed by atoms with van der Waals surface area (Å²) in [6, 6.07) is -0.894. The molecular weight excluding hydrogens is 412 g/mol. The number of rotatable bonds is 10. The van der Waals surface area contributed by atoms with Crippen LogP contribution in [0.25, 0.3) is 0 Å². The number of hydrogen-bond acceptors (Lipinski definition) is 6. The maximum absolute atomic E-state index is 13.9. The van der Waals surface area contributed by atoms with Crippen LogP contribution in [0.4, 0.5) is 0 Å². The van der Waals surface area contributed by atoms with E-state index in [-0.39, 0.29) is 31.6 Å². The minimum atomic E-state index is -1.08. The summed E-state index contributed by atoms with van der Waals surface area (Å²) < 4.78 is 11.8. The van der Waals surface area contributed by atoms with Crippen molar-refractivity contribution < 1.29 is 29.0 Å². The molecule has 2 unspecified atom stereocenters. The number of carbonyl (C=O) groups is 3. The minimum absolute atomic E-state index is 0.00862. The Bertz CT molecular complexity index is 775. The van der Waals surface area contributed by atoms with Crippen LogP contribution < -0.4 is 0 Å². The van der Waals surface area contributed by atoms with Crippen LogP contribution in [0.15, 0.2) is 25.3 Å². The van der Waals surface area contributed by atoms with E-state index < -0.39 is 41.1 Å². The van der Waals surface area contributed by atoms with Crippen molar-refractivity contribution in [3.8, 4) is 0 Å². The number of β-amino-alcohol motifs (C(OH)–C–C–N with tert-alkyl or cyclic N) is 1. The number of allylic oxidation sites excluding steroid dienone is 1. The third-order valence-corrected chi connectivity index (χ3v) is 6.83. The van der Waals surface area contributed by atoms with Crippen molar-refractivity contribution in [3.63, 3.8) is 0 Å². The predicted molar refractivity (Wildman–Crippen MR) is 118 cm³/mol. The lowest BCUT2D eigenvalue weighted by atomic mass is 9.70. The molecule has 3 aliphatic heterocycles. The number of esters is 1. The van der Waals surface area contributed by atoms with Crippen LogP contribution in [-0.2, 0) is 23.9 Å². The molecule has 0 aromatic heterocycles. The fraction of sp³-hybridized carbons (Fsp3) is 0.708. The molecule has 1 spiro atoms. The molecule has 1 N–H and O–H groups in total. The number of ether oxygens (including phenoxy) is 2. The predicted octanol–water partition coefficient (Wildman–Crippen LogP) is 1.68. The molecule has 178 valence electrons. The van der Waals surface area contributed by atoms with Crippen LogP contribution >= 0.6 is 0 Å². The van der Waals surface area contributed by atoms with Crippen molar-refractivity contribution in [1.82, 2.24) is 9.80 Å². The Morgan fingerprint density at radius 2 is 2.06 bits per heavy atom. The largest absolute Gasteiger partial charge is 0.465 e. The molecule has 3 rings (SSSR count). The zero-order valence-electron chi connectivity index (χ0n) is 19.4. The molecular formula is C24H36N2O6. The van der Waals surface area contributed by atoms with Crippen molar-refractivity contribution in [1.29, 1.82) is 0 Å². The summed E-state index contributed by atoms with van der Waals surface area (Å²) in [4.78, 5) is 43.4. The van der Waals surface area contributed by atoms with Crippen LogP contribution in [-0.4, -0.2) is 82.3 Å². The topological polar surface area (TPSA) is 96.4 Å². The van der Waals surface area contributed by atoms with Gasteiger partial charge in [0, 0.05) is 18.6 Å². The summed E-state index contributed by atoms with van der Waals surface area (Å²) in [6.07, 6.45) is 5.47. The number of amides is 2. The SMILES string of the molecule is C=CCCCOC(=O)[C@@H]1[C@@H]2CCC3(O2)C(C(=O)N(CC=C)C(C)(C)C)N(CCO)C(=O)[C@H]13. The Balaban J connectivity index is 1.94. The quantitative estimate of drug-likeness (QED) is 0.310. The molecule has 2 amide bonds. The van der Waals surface area contributed by atoms with E-state index in [4.69, 9.17) is 9.47 Å². The number of unbranched alkanes of at least 4 members (excludes halogenated alkanes) is 1. The molecule has 0 radical (unpaired) electrons. The average Bonchev–Trinajstić information content (AvgIpc) is 3.36. The second kappa shape index (κ2) is 9.35. The van der Waals surface area contributed by atoms with Crippen molar-refractivity contribution in [2.45, 2.75) is 69.7 Å². The molecule has 3 heterocycles. The van der Waals surface area contributed by atoms with Gasteiger partial charge in [-0.3, -0.25) is 14.4 Å². The number of hydrogen-bond donors (Lipinski definition) is 1. The first-order valence-corrected chi connectivity index (χ1v) is 11.4. The summed E-state index contributed by atoms with van der Waals surface area (Å²) in [6.45, 7) is 13.5. The molecule has 0 aromatic carbocycles. The van der Waals surface area contributed by atoms with Gasteiger partial charge in [0.05, 0.1) is 31.2 Å². The van der Waals surface area contributed by atoms with E-state index in [1.165, 1.54) is 4.90 Å². The molecule has 0 aliphatic carbocycles. The van der Waals surface area contributed by atoms with Gasteiger partial charge in [0.2, 0.25) is 11.8 Å². The standard InChI is InChI=1S/C24H36N2O6/c1-6-8-9-15-31-22(30)17-16-10-11-24(32-16)18(17)20(28)25(13-14-27)19(24)21(29)26(12-7-2)23(3,4)5/h6-7,16-19,27H,1-2,8-15H2,3-5H3/t16-,17+,18-,19?,24?/m0/s1. The number of fused-ring (bicyclic) bond motifs is 1. The van der Waals surface area contributed by atoms with Gasteiger partial charge in [0.15, 0.2) is 0 Å². The summed E-state index contributed by atoms with van der Waals surface area (Å²) >= 11 is 0. The van der Waals surface area contributed by atoms with Crippen LogP contribution in [0.2, 0.25) is 0 Å². The summed E-state index contributed by atoms with van der Waals surface area (Å²) in [5.41, 5.74) is -1.59. The van der Waals surface area contributed by atoms with Crippen molar-refractivity contribution in [2.24, 2.45) is 11.8 Å². The van der Waals surface area contributed by atoms with Gasteiger partial charge in [0.25, 0.3) is 0 Å². The normalized spacial score (nSPS) is 30.9. The first kappa shape index (κ1) is 24.5. The highest BCUT2D eigenvalue weighted by molar-refractivity contribution is 5.98. The molecule has 5 atom stereocenters. The van der Waals surface area contributed by atoms with Crippen LogP contribution in [0, 0.1) is 11.8 Å². The van der Waals surface area contributed by atoms with Crippen molar-refractivity contribution in [2.75, 3.05) is 26.3 Å². The lowest BCUT2D eigenvalue weighted by Crippen LogP contribution is -2.60. The lowest BCUT2D eigenvalue weighted by Gasteiger charge is -2.41. The highest BCUT2D eigenvalue weighted by Crippen LogP contribution is 2.58. The highest BCUT2D eigenvalue weighted by atomic mass is 16.6.